The first-order valence-corrected chi connectivity index (χ1v) is 7.58. The Bertz CT molecular complexity index is 286. The fraction of sp³-hybridized carbons (Fsp3) is 0.933. The van der Waals surface area contributed by atoms with E-state index in [0.717, 1.165) is 44.4 Å². The minimum atomic E-state index is -0.792. The van der Waals surface area contributed by atoms with E-state index in [9.17, 15) is 9.90 Å². The van der Waals surface area contributed by atoms with Gasteiger partial charge in [0, 0.05) is 19.6 Å². The minimum Gasteiger partial charge on any atom is -0.480 e. The molecule has 1 saturated heterocycles. The summed E-state index contributed by atoms with van der Waals surface area (Å²) in [7, 11) is 0. The molecule has 0 aromatic carbocycles. The van der Waals surface area contributed by atoms with Gasteiger partial charge in [0.05, 0.1) is 0 Å². The molecule has 1 rings (SSSR count). The van der Waals surface area contributed by atoms with E-state index in [1.807, 2.05) is 6.92 Å². The largest absolute Gasteiger partial charge is 0.480 e. The number of nitrogens with zero attached hydrogens (tertiary/aromatic N) is 1. The van der Waals surface area contributed by atoms with Crippen molar-refractivity contribution in [3.63, 3.8) is 0 Å². The zero-order chi connectivity index (χ0) is 14.5. The number of carbonyl (C=O) groups is 1. The van der Waals surface area contributed by atoms with Crippen molar-refractivity contribution < 1.29 is 9.90 Å². The highest BCUT2D eigenvalue weighted by molar-refractivity contribution is 5.78. The first-order valence-electron chi connectivity index (χ1n) is 7.58. The van der Waals surface area contributed by atoms with Crippen molar-refractivity contribution in [3.8, 4) is 0 Å². The third kappa shape index (κ3) is 5.11. The zero-order valence-corrected chi connectivity index (χ0v) is 12.9. The Morgan fingerprint density at radius 3 is 2.42 bits per heavy atom. The summed E-state index contributed by atoms with van der Waals surface area (Å²) in [6, 6.07) is 0. The molecule has 112 valence electrons. The van der Waals surface area contributed by atoms with E-state index in [-0.39, 0.29) is 0 Å². The van der Waals surface area contributed by atoms with Gasteiger partial charge in [-0.2, -0.15) is 0 Å². The molecule has 1 heterocycles. The molecule has 0 saturated carbocycles. The number of aliphatic carboxylic acids is 1. The van der Waals surface area contributed by atoms with Gasteiger partial charge < -0.3 is 15.3 Å². The maximum atomic E-state index is 11.4. The van der Waals surface area contributed by atoms with E-state index in [1.165, 1.54) is 6.42 Å². The third-order valence-corrected chi connectivity index (χ3v) is 4.11. The van der Waals surface area contributed by atoms with Gasteiger partial charge in [-0.05, 0) is 44.6 Å². The molecule has 1 aliphatic rings. The summed E-state index contributed by atoms with van der Waals surface area (Å²) in [6.45, 7) is 12.3. The minimum absolute atomic E-state index is 0.668. The predicted octanol–water partition coefficient (Wildman–Crippen LogP) is 2.20. The van der Waals surface area contributed by atoms with Crippen LogP contribution in [0.2, 0.25) is 0 Å². The molecule has 1 fully saturated rings. The van der Waals surface area contributed by atoms with Crippen LogP contribution in [0.25, 0.3) is 0 Å². The number of hydrogen-bond donors (Lipinski definition) is 2. The molecular weight excluding hydrogens is 240 g/mol. The van der Waals surface area contributed by atoms with Crippen LogP contribution in [0.1, 0.15) is 47.0 Å². The van der Waals surface area contributed by atoms with Gasteiger partial charge >= 0.3 is 5.97 Å². The lowest BCUT2D eigenvalue weighted by Crippen LogP contribution is -2.52. The van der Waals surface area contributed by atoms with Crippen LogP contribution in [0.5, 0.6) is 0 Å². The first-order chi connectivity index (χ1) is 8.87. The summed E-state index contributed by atoms with van der Waals surface area (Å²) in [5.41, 5.74) is -0.792. The smallest absolute Gasteiger partial charge is 0.323 e. The molecule has 4 heteroatoms. The second-order valence-corrected chi connectivity index (χ2v) is 6.52. The monoisotopic (exact) mass is 270 g/mol. The number of carboxylic acid groups (broad SMARTS) is 1. The molecule has 0 bridgehead atoms. The summed E-state index contributed by atoms with van der Waals surface area (Å²) in [5, 5.41) is 12.6. The topological polar surface area (TPSA) is 52.6 Å². The molecule has 3 atom stereocenters. The van der Waals surface area contributed by atoms with Crippen molar-refractivity contribution in [1.29, 1.82) is 0 Å². The molecular formula is C15H30N2O2. The average Bonchev–Trinajstić information content (AvgIpc) is 2.32. The lowest BCUT2D eigenvalue weighted by atomic mass is 9.90. The van der Waals surface area contributed by atoms with E-state index >= 15 is 0 Å². The molecule has 0 aliphatic carbocycles. The average molecular weight is 270 g/mol. The second kappa shape index (κ2) is 7.25. The van der Waals surface area contributed by atoms with Crippen molar-refractivity contribution in [3.05, 3.63) is 0 Å². The molecule has 3 unspecified atom stereocenters. The fourth-order valence-electron chi connectivity index (χ4n) is 3.03. The highest BCUT2D eigenvalue weighted by Crippen LogP contribution is 2.22. The van der Waals surface area contributed by atoms with Crippen molar-refractivity contribution >= 4 is 5.97 Å². The van der Waals surface area contributed by atoms with Gasteiger partial charge in [-0.25, -0.2) is 0 Å². The van der Waals surface area contributed by atoms with Gasteiger partial charge in [0.15, 0.2) is 0 Å². The quantitative estimate of drug-likeness (QED) is 0.744. The van der Waals surface area contributed by atoms with Gasteiger partial charge in [-0.1, -0.05) is 20.8 Å². The zero-order valence-electron chi connectivity index (χ0n) is 12.9. The van der Waals surface area contributed by atoms with Gasteiger partial charge in [0.1, 0.15) is 5.54 Å². The third-order valence-electron chi connectivity index (χ3n) is 4.11. The number of rotatable bonds is 7. The van der Waals surface area contributed by atoms with E-state index in [2.05, 4.69) is 31.0 Å². The molecule has 0 radical (unpaired) electrons. The van der Waals surface area contributed by atoms with Gasteiger partial charge in [-0.3, -0.25) is 4.79 Å². The standard InChI is InChI=1S/C15H30N2O2/c1-5-7-16-15(4,14(18)19)6-8-17-10-12(2)9-13(3)11-17/h12-13,16H,5-11H2,1-4H3,(H,18,19). The fourth-order valence-corrected chi connectivity index (χ4v) is 3.03. The highest BCUT2D eigenvalue weighted by Gasteiger charge is 2.33. The van der Waals surface area contributed by atoms with Crippen LogP contribution in [0.3, 0.4) is 0 Å². The maximum Gasteiger partial charge on any atom is 0.323 e. The maximum absolute atomic E-state index is 11.4. The van der Waals surface area contributed by atoms with Crippen LogP contribution < -0.4 is 5.32 Å². The van der Waals surface area contributed by atoms with Crippen LogP contribution in [0.4, 0.5) is 0 Å². The summed E-state index contributed by atoms with van der Waals surface area (Å²) in [5.74, 6) is 0.714. The molecule has 1 aliphatic heterocycles. The number of likely N-dealkylation sites (tertiary alicyclic amines) is 1. The Balaban J connectivity index is 2.49. The summed E-state index contributed by atoms with van der Waals surface area (Å²) >= 11 is 0. The van der Waals surface area contributed by atoms with Crippen molar-refractivity contribution in [2.24, 2.45) is 11.8 Å². The van der Waals surface area contributed by atoms with Crippen LogP contribution in [0, 0.1) is 11.8 Å². The first kappa shape index (κ1) is 16.4. The predicted molar refractivity (Wildman–Crippen MR) is 78.3 cm³/mol. The van der Waals surface area contributed by atoms with Crippen molar-refractivity contribution in [2.45, 2.75) is 52.5 Å². The van der Waals surface area contributed by atoms with Crippen LogP contribution in [-0.2, 0) is 4.79 Å². The normalized spacial score (nSPS) is 28.0. The van der Waals surface area contributed by atoms with E-state index in [1.54, 1.807) is 0 Å². The SMILES string of the molecule is CCCNC(C)(CCN1CC(C)CC(C)C1)C(=O)O. The summed E-state index contributed by atoms with van der Waals surface area (Å²) in [4.78, 5) is 13.9. The van der Waals surface area contributed by atoms with Crippen molar-refractivity contribution in [2.75, 3.05) is 26.2 Å². The molecule has 19 heavy (non-hydrogen) atoms. The Hall–Kier alpha value is -0.610. The van der Waals surface area contributed by atoms with Crippen LogP contribution in [-0.4, -0.2) is 47.7 Å². The summed E-state index contributed by atoms with van der Waals surface area (Å²) < 4.78 is 0. The summed E-state index contributed by atoms with van der Waals surface area (Å²) in [6.07, 6.45) is 2.92. The lowest BCUT2D eigenvalue weighted by molar-refractivity contribution is -0.144. The molecule has 0 amide bonds. The van der Waals surface area contributed by atoms with E-state index in [0.29, 0.717) is 6.42 Å². The Labute approximate surface area is 117 Å². The molecule has 0 spiro atoms. The van der Waals surface area contributed by atoms with Gasteiger partial charge in [-0.15, -0.1) is 0 Å². The number of nitrogens with one attached hydrogen (secondary N) is 1. The number of carboxylic acids is 1. The van der Waals surface area contributed by atoms with Crippen LogP contribution in [0.15, 0.2) is 0 Å². The Kier molecular flexibility index (Phi) is 6.27. The Morgan fingerprint density at radius 2 is 1.95 bits per heavy atom. The molecule has 0 aromatic rings. The van der Waals surface area contributed by atoms with E-state index < -0.39 is 11.5 Å². The van der Waals surface area contributed by atoms with Gasteiger partial charge in [0.25, 0.3) is 0 Å². The molecule has 0 aromatic heterocycles. The lowest BCUT2D eigenvalue weighted by Gasteiger charge is -2.37. The number of hydrogen-bond acceptors (Lipinski definition) is 3. The molecule has 4 nitrogen and oxygen atoms in total. The van der Waals surface area contributed by atoms with Crippen LogP contribution >= 0.6 is 0 Å². The van der Waals surface area contributed by atoms with Gasteiger partial charge in [0.2, 0.25) is 0 Å². The van der Waals surface area contributed by atoms with E-state index in [4.69, 9.17) is 0 Å². The number of piperidine rings is 1. The van der Waals surface area contributed by atoms with Crippen molar-refractivity contribution in [1.82, 2.24) is 10.2 Å². The molecule has 2 N–H and O–H groups in total. The second-order valence-electron chi connectivity index (χ2n) is 6.52. The Morgan fingerprint density at radius 1 is 1.37 bits per heavy atom. The highest BCUT2D eigenvalue weighted by atomic mass is 16.4.